The zero-order chi connectivity index (χ0) is 17.5. The number of ether oxygens (including phenoxy) is 1. The molecular weight excluding hydrogens is 311 g/mol. The van der Waals surface area contributed by atoms with Crippen LogP contribution >= 0.6 is 0 Å². The number of halogens is 1. The van der Waals surface area contributed by atoms with Crippen LogP contribution in [-0.4, -0.2) is 34.6 Å². The number of nitrogens with two attached hydrogens (primary N) is 1. The quantitative estimate of drug-likeness (QED) is 0.909. The van der Waals surface area contributed by atoms with Gasteiger partial charge in [0.25, 0.3) is 0 Å². The number of carbonyl (C=O) groups excluding carboxylic acids is 1. The molecule has 0 bridgehead atoms. The standard InChI is InChI=1S/C17H23FN4O2/c1-17(2)5-12(23)15-13(6-17)24-16(20)11(7-19)14(15)10-8-21-22(9-10)4-3-18/h8-9,11,13-16H,3-6,20H2,1-2H3/t11-,13-,14+,15+,16-/m0/s1. The van der Waals surface area contributed by atoms with Crippen molar-refractivity contribution in [2.45, 2.75) is 51.5 Å². The van der Waals surface area contributed by atoms with Gasteiger partial charge in [0.15, 0.2) is 0 Å². The molecule has 3 rings (SSSR count). The lowest BCUT2D eigenvalue weighted by atomic mass is 9.62. The van der Waals surface area contributed by atoms with E-state index in [4.69, 9.17) is 10.5 Å². The minimum Gasteiger partial charge on any atom is -0.358 e. The Bertz CT molecular complexity index is 666. The summed E-state index contributed by atoms with van der Waals surface area (Å²) < 4.78 is 19.9. The molecule has 5 atom stereocenters. The summed E-state index contributed by atoms with van der Waals surface area (Å²) in [4.78, 5) is 12.8. The fourth-order valence-corrected chi connectivity index (χ4v) is 4.15. The second kappa shape index (κ2) is 6.26. The minimum absolute atomic E-state index is 0.103. The first-order valence-electron chi connectivity index (χ1n) is 8.28. The molecule has 1 saturated carbocycles. The molecule has 1 saturated heterocycles. The number of alkyl halides is 1. The van der Waals surface area contributed by atoms with E-state index in [9.17, 15) is 14.4 Å². The normalized spacial score (nSPS) is 35.3. The molecule has 7 heteroatoms. The Morgan fingerprint density at radius 3 is 2.96 bits per heavy atom. The number of ketones is 1. The molecule has 0 aromatic carbocycles. The topological polar surface area (TPSA) is 93.9 Å². The van der Waals surface area contributed by atoms with Gasteiger partial charge in [0.1, 0.15) is 18.7 Å². The smallest absolute Gasteiger partial charge is 0.139 e. The lowest BCUT2D eigenvalue weighted by Crippen LogP contribution is -2.56. The molecule has 1 aliphatic carbocycles. The summed E-state index contributed by atoms with van der Waals surface area (Å²) in [5, 5.41) is 13.7. The van der Waals surface area contributed by atoms with Gasteiger partial charge in [0.05, 0.1) is 36.8 Å². The van der Waals surface area contributed by atoms with Crippen LogP contribution in [0.4, 0.5) is 4.39 Å². The number of aryl methyl sites for hydroxylation is 1. The Morgan fingerprint density at radius 1 is 1.54 bits per heavy atom. The Labute approximate surface area is 140 Å². The molecule has 2 N–H and O–H groups in total. The summed E-state index contributed by atoms with van der Waals surface area (Å²) in [7, 11) is 0. The van der Waals surface area contributed by atoms with Crippen LogP contribution in [0.25, 0.3) is 0 Å². The van der Waals surface area contributed by atoms with Crippen LogP contribution in [0, 0.1) is 28.6 Å². The van der Waals surface area contributed by atoms with Crippen molar-refractivity contribution >= 4 is 5.78 Å². The first-order valence-corrected chi connectivity index (χ1v) is 8.28. The highest BCUT2D eigenvalue weighted by molar-refractivity contribution is 5.84. The third-order valence-electron chi connectivity index (χ3n) is 5.14. The van der Waals surface area contributed by atoms with Gasteiger partial charge in [0, 0.05) is 18.5 Å². The van der Waals surface area contributed by atoms with Gasteiger partial charge in [-0.1, -0.05) is 13.8 Å². The van der Waals surface area contributed by atoms with Crippen molar-refractivity contribution in [2.24, 2.45) is 23.0 Å². The zero-order valence-electron chi connectivity index (χ0n) is 14.0. The van der Waals surface area contributed by atoms with Crippen molar-refractivity contribution in [3.63, 3.8) is 0 Å². The summed E-state index contributed by atoms with van der Waals surface area (Å²) in [5.74, 6) is -1.28. The second-order valence-corrected chi connectivity index (χ2v) is 7.58. The van der Waals surface area contributed by atoms with Crippen molar-refractivity contribution < 1.29 is 13.9 Å². The first-order chi connectivity index (χ1) is 11.4. The number of nitriles is 1. The molecule has 6 nitrogen and oxygen atoms in total. The van der Waals surface area contributed by atoms with Crippen LogP contribution in [0.1, 0.15) is 38.2 Å². The average Bonchev–Trinajstić information content (AvgIpc) is 2.93. The maximum atomic E-state index is 12.8. The van der Waals surface area contributed by atoms with Crippen LogP contribution < -0.4 is 5.73 Å². The Hall–Kier alpha value is -1.78. The van der Waals surface area contributed by atoms with Gasteiger partial charge in [0.2, 0.25) is 0 Å². The van der Waals surface area contributed by atoms with Gasteiger partial charge in [-0.15, -0.1) is 0 Å². The van der Waals surface area contributed by atoms with E-state index < -0.39 is 24.7 Å². The summed E-state index contributed by atoms with van der Waals surface area (Å²) in [6.45, 7) is 3.72. The van der Waals surface area contributed by atoms with E-state index in [1.807, 2.05) is 13.8 Å². The molecule has 2 aliphatic rings. The van der Waals surface area contributed by atoms with Crippen LogP contribution in [0.5, 0.6) is 0 Å². The summed E-state index contributed by atoms with van der Waals surface area (Å²) in [6, 6.07) is 2.20. The summed E-state index contributed by atoms with van der Waals surface area (Å²) in [6.07, 6.45) is 3.48. The van der Waals surface area contributed by atoms with Gasteiger partial charge in [-0.05, 0) is 17.4 Å². The van der Waals surface area contributed by atoms with Crippen LogP contribution in [-0.2, 0) is 16.1 Å². The number of aromatic nitrogens is 2. The highest BCUT2D eigenvalue weighted by atomic mass is 19.1. The Morgan fingerprint density at radius 2 is 2.29 bits per heavy atom. The SMILES string of the molecule is CC1(C)CC(=O)[C@H]2[C@H](c3cnn(CCF)c3)[C@H](C#N)[C@@H](N)O[C@H]2C1. The van der Waals surface area contributed by atoms with Crippen LogP contribution in [0.2, 0.25) is 0 Å². The van der Waals surface area contributed by atoms with Crippen molar-refractivity contribution in [1.29, 1.82) is 5.26 Å². The highest BCUT2D eigenvalue weighted by Gasteiger charge is 2.53. The van der Waals surface area contributed by atoms with E-state index in [-0.39, 0.29) is 29.8 Å². The maximum absolute atomic E-state index is 12.8. The number of Topliss-reactive ketones (excluding diaryl/α,β-unsaturated/α-hetero) is 1. The van der Waals surface area contributed by atoms with Crippen molar-refractivity contribution in [2.75, 3.05) is 6.67 Å². The fraction of sp³-hybridized carbons (Fsp3) is 0.706. The molecule has 2 fully saturated rings. The summed E-state index contributed by atoms with van der Waals surface area (Å²) >= 11 is 0. The van der Waals surface area contributed by atoms with Gasteiger partial charge in [-0.3, -0.25) is 9.48 Å². The van der Waals surface area contributed by atoms with Gasteiger partial charge in [-0.25, -0.2) is 4.39 Å². The fourth-order valence-electron chi connectivity index (χ4n) is 4.15. The molecule has 24 heavy (non-hydrogen) atoms. The first kappa shape index (κ1) is 17.1. The number of fused-ring (bicyclic) bond motifs is 1. The molecule has 2 heterocycles. The van der Waals surface area contributed by atoms with Crippen molar-refractivity contribution in [3.05, 3.63) is 18.0 Å². The molecule has 0 amide bonds. The highest BCUT2D eigenvalue weighted by Crippen LogP contribution is 2.49. The van der Waals surface area contributed by atoms with Crippen LogP contribution in [0.3, 0.4) is 0 Å². The van der Waals surface area contributed by atoms with E-state index >= 15 is 0 Å². The molecule has 1 aromatic rings. The molecule has 0 radical (unpaired) electrons. The molecule has 1 aliphatic heterocycles. The molecule has 1 aromatic heterocycles. The molecule has 130 valence electrons. The second-order valence-electron chi connectivity index (χ2n) is 7.58. The Balaban J connectivity index is 1.98. The summed E-state index contributed by atoms with van der Waals surface area (Å²) in [5.41, 5.74) is 6.70. The molecule has 0 unspecified atom stereocenters. The lowest BCUT2D eigenvalue weighted by Gasteiger charge is -2.48. The maximum Gasteiger partial charge on any atom is 0.139 e. The average molecular weight is 334 g/mol. The van der Waals surface area contributed by atoms with Gasteiger partial charge < -0.3 is 10.5 Å². The Kier molecular flexibility index (Phi) is 4.45. The molecule has 0 spiro atoms. The van der Waals surface area contributed by atoms with E-state index in [2.05, 4.69) is 11.2 Å². The number of hydrogen-bond donors (Lipinski definition) is 1. The third-order valence-corrected chi connectivity index (χ3v) is 5.14. The monoisotopic (exact) mass is 334 g/mol. The molecular formula is C17H23FN4O2. The van der Waals surface area contributed by atoms with Gasteiger partial charge >= 0.3 is 0 Å². The number of nitrogens with zero attached hydrogens (tertiary/aromatic N) is 3. The third kappa shape index (κ3) is 2.96. The predicted molar refractivity (Wildman–Crippen MR) is 84.4 cm³/mol. The van der Waals surface area contributed by atoms with Crippen molar-refractivity contribution in [3.8, 4) is 6.07 Å². The van der Waals surface area contributed by atoms with E-state index in [1.165, 1.54) is 4.68 Å². The van der Waals surface area contributed by atoms with Crippen LogP contribution in [0.15, 0.2) is 12.4 Å². The largest absolute Gasteiger partial charge is 0.358 e. The number of rotatable bonds is 3. The predicted octanol–water partition coefficient (Wildman–Crippen LogP) is 1.76. The zero-order valence-corrected chi connectivity index (χ0v) is 14.0. The van der Waals surface area contributed by atoms with Gasteiger partial charge in [-0.2, -0.15) is 10.4 Å². The van der Waals surface area contributed by atoms with E-state index in [1.54, 1.807) is 12.4 Å². The van der Waals surface area contributed by atoms with Crippen molar-refractivity contribution in [1.82, 2.24) is 9.78 Å². The number of carbonyl (C=O) groups is 1. The van der Waals surface area contributed by atoms with E-state index in [0.717, 1.165) is 12.0 Å². The van der Waals surface area contributed by atoms with E-state index in [0.29, 0.717) is 6.42 Å². The minimum atomic E-state index is -0.743. The number of hydrogen-bond acceptors (Lipinski definition) is 5. The lowest BCUT2D eigenvalue weighted by molar-refractivity contribution is -0.163.